The Hall–Kier alpha value is -1.73. The van der Waals surface area contributed by atoms with E-state index < -0.39 is 5.41 Å². The van der Waals surface area contributed by atoms with Crippen LogP contribution in [0, 0.1) is 50.2 Å². The van der Waals surface area contributed by atoms with Gasteiger partial charge in [-0.3, -0.25) is 14.4 Å². The summed E-state index contributed by atoms with van der Waals surface area (Å²) < 4.78 is 11.4. The number of fused-ring (bicyclic) bond motifs is 7. The van der Waals surface area contributed by atoms with Gasteiger partial charge in [-0.1, -0.05) is 47.1 Å². The number of unbranched alkanes of at least 4 members (excludes halogenated alkanes) is 1. The Labute approximate surface area is 266 Å². The first-order valence-corrected chi connectivity index (χ1v) is 17.5. The van der Waals surface area contributed by atoms with Crippen LogP contribution < -0.4 is 11.1 Å². The van der Waals surface area contributed by atoms with E-state index in [1.807, 2.05) is 0 Å². The molecule has 5 aliphatic rings. The van der Waals surface area contributed by atoms with E-state index in [1.54, 1.807) is 0 Å². The first-order chi connectivity index (χ1) is 20.5. The molecule has 7 nitrogen and oxygen atoms in total. The van der Waals surface area contributed by atoms with Gasteiger partial charge >= 0.3 is 11.9 Å². The van der Waals surface area contributed by atoms with Crippen LogP contribution in [0.25, 0.3) is 0 Å². The number of rotatable bonds is 8. The number of ether oxygens (including phenoxy) is 2. The summed E-state index contributed by atoms with van der Waals surface area (Å²) in [7, 11) is 1.50. The number of nitrogens with two attached hydrogens (primary N) is 1. The zero-order valence-electron chi connectivity index (χ0n) is 28.9. The monoisotopic (exact) mass is 612 g/mol. The van der Waals surface area contributed by atoms with Crippen LogP contribution in [0.4, 0.5) is 0 Å². The highest BCUT2D eigenvalue weighted by atomic mass is 16.5. The van der Waals surface area contributed by atoms with Gasteiger partial charge in [0, 0.05) is 11.3 Å². The van der Waals surface area contributed by atoms with Crippen molar-refractivity contribution in [3.63, 3.8) is 0 Å². The van der Waals surface area contributed by atoms with E-state index in [0.29, 0.717) is 6.54 Å². The first kappa shape index (κ1) is 33.6. The Bertz CT molecular complexity index is 1200. The van der Waals surface area contributed by atoms with Crippen molar-refractivity contribution in [3.05, 3.63) is 11.6 Å². The minimum atomic E-state index is -0.512. The molecule has 0 bridgehead atoms. The number of nitrogens with one attached hydrogen (secondary N) is 1. The molecule has 0 spiro atoms. The molecule has 248 valence electrons. The van der Waals surface area contributed by atoms with Gasteiger partial charge in [-0.05, 0) is 130 Å². The van der Waals surface area contributed by atoms with E-state index in [0.717, 1.165) is 77.2 Å². The second-order valence-electron chi connectivity index (χ2n) is 17.3. The molecule has 5 rings (SSSR count). The molecular formula is C37H60N2O5. The van der Waals surface area contributed by atoms with E-state index in [9.17, 15) is 14.4 Å². The van der Waals surface area contributed by atoms with Gasteiger partial charge in [0.1, 0.15) is 6.10 Å². The molecule has 0 unspecified atom stereocenters. The van der Waals surface area contributed by atoms with Crippen LogP contribution in [0.15, 0.2) is 11.6 Å². The molecule has 4 saturated carbocycles. The van der Waals surface area contributed by atoms with Crippen molar-refractivity contribution in [3.8, 4) is 0 Å². The summed E-state index contributed by atoms with van der Waals surface area (Å²) in [6.45, 7) is 17.9. The third kappa shape index (κ3) is 5.02. The molecule has 9 atom stereocenters. The van der Waals surface area contributed by atoms with Gasteiger partial charge in [0.2, 0.25) is 0 Å². The fraction of sp³-hybridized carbons (Fsp3) is 0.865. The van der Waals surface area contributed by atoms with Gasteiger partial charge in [0.25, 0.3) is 0 Å². The smallest absolute Gasteiger partial charge is 0.320 e. The number of hydrogen-bond acceptors (Lipinski definition) is 7. The molecule has 0 saturated heterocycles. The molecule has 0 aromatic carbocycles. The molecule has 44 heavy (non-hydrogen) atoms. The summed E-state index contributed by atoms with van der Waals surface area (Å²) in [6.07, 6.45) is 12.3. The molecular weight excluding hydrogens is 552 g/mol. The van der Waals surface area contributed by atoms with Gasteiger partial charge in [0.05, 0.1) is 19.1 Å². The van der Waals surface area contributed by atoms with Crippen molar-refractivity contribution in [1.82, 2.24) is 5.32 Å². The lowest BCUT2D eigenvalue weighted by molar-refractivity contribution is -0.210. The molecule has 0 aliphatic heterocycles. The van der Waals surface area contributed by atoms with Crippen LogP contribution in [0.1, 0.15) is 119 Å². The summed E-state index contributed by atoms with van der Waals surface area (Å²) in [4.78, 5) is 40.4. The summed E-state index contributed by atoms with van der Waals surface area (Å²) >= 11 is 0. The minimum Gasteiger partial charge on any atom is -0.469 e. The highest BCUT2D eigenvalue weighted by molar-refractivity contribution is 5.95. The highest BCUT2D eigenvalue weighted by Crippen LogP contribution is 2.75. The molecule has 4 fully saturated rings. The van der Waals surface area contributed by atoms with E-state index in [-0.39, 0.29) is 75.2 Å². The van der Waals surface area contributed by atoms with E-state index in [4.69, 9.17) is 15.2 Å². The summed E-state index contributed by atoms with van der Waals surface area (Å²) in [6, 6.07) is 0. The molecule has 0 amide bonds. The molecule has 3 N–H and O–H groups in total. The zero-order chi connectivity index (χ0) is 32.3. The molecule has 7 heteroatoms. The van der Waals surface area contributed by atoms with Crippen molar-refractivity contribution in [2.45, 2.75) is 125 Å². The quantitative estimate of drug-likeness (QED) is 0.242. The second kappa shape index (κ2) is 11.5. The number of methoxy groups -OCH3 is 1. The number of ketones is 1. The summed E-state index contributed by atoms with van der Waals surface area (Å²) in [5.41, 5.74) is 5.83. The van der Waals surface area contributed by atoms with Gasteiger partial charge in [-0.25, -0.2) is 0 Å². The SMILES string of the molecule is COC(=O)[C@@]1(C)CC[C@]2(C)CC[C@]3(C)C(=CC(=O)[C@@H]4[C@@]5(C)CC[C@H](OC(=O)CNCCCCN)C(C)(C)[C@@H]5CC[C@]43C)[C@@H]2C1. The fourth-order valence-corrected chi connectivity index (χ4v) is 11.6. The number of carbonyl (C=O) groups is 3. The third-order valence-corrected chi connectivity index (χ3v) is 14.5. The Kier molecular flexibility index (Phi) is 8.79. The second-order valence-corrected chi connectivity index (χ2v) is 17.3. The van der Waals surface area contributed by atoms with Crippen LogP contribution in [-0.4, -0.2) is 50.6 Å². The van der Waals surface area contributed by atoms with Crippen molar-refractivity contribution in [2.75, 3.05) is 26.7 Å². The van der Waals surface area contributed by atoms with Crippen molar-refractivity contribution < 1.29 is 23.9 Å². The molecule has 0 radical (unpaired) electrons. The Morgan fingerprint density at radius 1 is 0.955 bits per heavy atom. The van der Waals surface area contributed by atoms with Crippen LogP contribution in [0.3, 0.4) is 0 Å². The van der Waals surface area contributed by atoms with Crippen LogP contribution in [0.2, 0.25) is 0 Å². The Morgan fingerprint density at radius 2 is 1.66 bits per heavy atom. The number of carbonyl (C=O) groups excluding carboxylic acids is 3. The third-order valence-electron chi connectivity index (χ3n) is 14.5. The normalized spacial score (nSPS) is 44.3. The topological polar surface area (TPSA) is 108 Å². The maximum atomic E-state index is 14.6. The molecule has 5 aliphatic carbocycles. The minimum absolute atomic E-state index is 0.0671. The first-order valence-electron chi connectivity index (χ1n) is 17.5. The Balaban J connectivity index is 1.41. The number of allylic oxidation sites excluding steroid dienone is 2. The molecule has 0 aromatic heterocycles. The van der Waals surface area contributed by atoms with Crippen LogP contribution in [0.5, 0.6) is 0 Å². The largest absolute Gasteiger partial charge is 0.469 e. The fourth-order valence-electron chi connectivity index (χ4n) is 11.6. The van der Waals surface area contributed by atoms with Gasteiger partial charge in [-0.15, -0.1) is 0 Å². The maximum absolute atomic E-state index is 14.6. The lowest BCUT2D eigenvalue weighted by Crippen LogP contribution is -2.66. The standard InChI is InChI=1S/C37H60N2O5/c1-32(2)27-11-14-37(7)30(35(27,5)13-12-28(32)44-29(41)23-39-20-10-9-19-38)26(40)21-24-25-22-34(4,31(42)43-8)16-15-33(25,3)17-18-36(24,37)6/h21,25,27-28,30,39H,9-20,22-23,38H2,1-8H3/t25-,27-,28-,30+,33+,34-,35-,36+,37+/m0/s1. The lowest BCUT2D eigenvalue weighted by atomic mass is 9.33. The molecule has 0 aromatic rings. The average molecular weight is 613 g/mol. The van der Waals surface area contributed by atoms with E-state index in [1.165, 1.54) is 12.7 Å². The number of hydrogen-bond donors (Lipinski definition) is 2. The van der Waals surface area contributed by atoms with Gasteiger partial charge in [-0.2, -0.15) is 0 Å². The zero-order valence-corrected chi connectivity index (χ0v) is 28.9. The number of esters is 2. The van der Waals surface area contributed by atoms with Crippen molar-refractivity contribution in [1.29, 1.82) is 0 Å². The predicted octanol–water partition coefficient (Wildman–Crippen LogP) is 6.38. The van der Waals surface area contributed by atoms with Crippen LogP contribution in [-0.2, 0) is 23.9 Å². The van der Waals surface area contributed by atoms with Crippen molar-refractivity contribution >= 4 is 17.7 Å². The van der Waals surface area contributed by atoms with Crippen molar-refractivity contribution in [2.24, 2.45) is 56.0 Å². The summed E-state index contributed by atoms with van der Waals surface area (Å²) in [5, 5.41) is 3.21. The maximum Gasteiger partial charge on any atom is 0.320 e. The van der Waals surface area contributed by atoms with Gasteiger partial charge in [0.15, 0.2) is 5.78 Å². The molecule has 0 heterocycles. The average Bonchev–Trinajstić information content (AvgIpc) is 2.96. The van der Waals surface area contributed by atoms with Crippen LogP contribution >= 0.6 is 0 Å². The summed E-state index contributed by atoms with van der Waals surface area (Å²) in [5.74, 6) is 0.407. The lowest BCUT2D eigenvalue weighted by Gasteiger charge is -2.70. The van der Waals surface area contributed by atoms with E-state index in [2.05, 4.69) is 59.9 Å². The Morgan fingerprint density at radius 3 is 2.34 bits per heavy atom. The van der Waals surface area contributed by atoms with E-state index >= 15 is 0 Å². The highest BCUT2D eigenvalue weighted by Gasteiger charge is 2.70. The predicted molar refractivity (Wildman–Crippen MR) is 172 cm³/mol. The van der Waals surface area contributed by atoms with Gasteiger partial charge < -0.3 is 20.5 Å².